The number of hydrogen-bond acceptors (Lipinski definition) is 12. The summed E-state index contributed by atoms with van der Waals surface area (Å²) in [5, 5.41) is 30.8. The van der Waals surface area contributed by atoms with Crippen LogP contribution in [0.1, 0.15) is 111 Å². The third-order valence-electron chi connectivity index (χ3n) is 10.5. The second-order valence-electron chi connectivity index (χ2n) is 16.8. The zero-order valence-corrected chi connectivity index (χ0v) is 37.4. The lowest BCUT2D eigenvalue weighted by Crippen LogP contribution is -2.55. The van der Waals surface area contributed by atoms with E-state index < -0.39 is 78.5 Å². The third-order valence-corrected chi connectivity index (χ3v) is 12.0. The molecule has 0 aromatic carbocycles. The summed E-state index contributed by atoms with van der Waals surface area (Å²) < 4.78 is 0. The molecular weight excluding hydrogens is 827 g/mol. The molecule has 0 aromatic rings. The lowest BCUT2D eigenvalue weighted by molar-refractivity contribution is -0.137. The molecule has 22 heteroatoms. The summed E-state index contributed by atoms with van der Waals surface area (Å²) in [6.07, 6.45) is 5.59. The number of fused-ring (bicyclic) bond motifs is 1. The van der Waals surface area contributed by atoms with Gasteiger partial charge in [-0.2, -0.15) is 11.8 Å². The van der Waals surface area contributed by atoms with Crippen molar-refractivity contribution in [2.45, 2.75) is 147 Å². The van der Waals surface area contributed by atoms with E-state index in [-0.39, 0.29) is 61.5 Å². The summed E-state index contributed by atoms with van der Waals surface area (Å²) in [6.45, 7) is 7.14. The maximum Gasteiger partial charge on any atom is 0.315 e. The van der Waals surface area contributed by atoms with Crippen molar-refractivity contribution in [3.05, 3.63) is 0 Å². The molecule has 0 aromatic heterocycles. The van der Waals surface area contributed by atoms with Gasteiger partial charge in [-0.3, -0.25) is 43.6 Å². The van der Waals surface area contributed by atoms with Gasteiger partial charge in [0, 0.05) is 36.3 Å². The van der Waals surface area contributed by atoms with E-state index in [9.17, 15) is 43.2 Å². The smallest absolute Gasteiger partial charge is 0.315 e. The first-order valence-electron chi connectivity index (χ1n) is 21.8. The van der Waals surface area contributed by atoms with Gasteiger partial charge in [-0.05, 0) is 82.6 Å². The maximum absolute atomic E-state index is 13.5. The number of amides is 10. The Balaban J connectivity index is 1.77. The Bertz CT molecular complexity index is 1520. The number of hydrogen-bond donors (Lipinski definition) is 12. The van der Waals surface area contributed by atoms with E-state index in [4.69, 9.17) is 16.7 Å². The quantitative estimate of drug-likeness (QED) is 0.0171. The van der Waals surface area contributed by atoms with E-state index in [1.165, 1.54) is 5.48 Å². The summed E-state index contributed by atoms with van der Waals surface area (Å²) >= 11 is 1.84. The van der Waals surface area contributed by atoms with Crippen molar-refractivity contribution in [2.75, 3.05) is 31.9 Å². The largest absolute Gasteiger partial charge is 0.368 e. The fourth-order valence-corrected chi connectivity index (χ4v) is 8.82. The van der Waals surface area contributed by atoms with Crippen LogP contribution in [0.4, 0.5) is 4.79 Å². The number of primary amides is 1. The second kappa shape index (κ2) is 28.8. The topological polar surface area (TPSA) is 334 Å². The van der Waals surface area contributed by atoms with Gasteiger partial charge in [0.2, 0.25) is 47.3 Å². The highest BCUT2D eigenvalue weighted by molar-refractivity contribution is 8.00. The Hall–Kier alpha value is -4.70. The second-order valence-corrected chi connectivity index (χ2v) is 18.1. The lowest BCUT2D eigenvalue weighted by Gasteiger charge is -2.26. The van der Waals surface area contributed by atoms with Gasteiger partial charge >= 0.3 is 6.03 Å². The van der Waals surface area contributed by atoms with Crippen molar-refractivity contribution in [3.8, 4) is 0 Å². The summed E-state index contributed by atoms with van der Waals surface area (Å²) in [6, 6.07) is -2.96. The minimum absolute atomic E-state index is 0.0349. The van der Waals surface area contributed by atoms with Crippen LogP contribution in [-0.2, 0) is 38.4 Å². The molecule has 0 bridgehead atoms. The third kappa shape index (κ3) is 20.9. The van der Waals surface area contributed by atoms with Gasteiger partial charge in [0.05, 0.1) is 25.2 Å². The molecule has 10 amide bonds. The molecule has 2 aliphatic heterocycles. The van der Waals surface area contributed by atoms with Crippen LogP contribution in [0.5, 0.6) is 0 Å². The SMILES string of the molecule is CC(C)CC(CC(=O)NO)C(=O)N[C@@H](CC(C)C)C(=O)N[C@@H](CCCCN)C(=O)NCC(=O)NCC(=O)N[C@@H](CCCCNC(=O)CCCC[C@@H]1SC[C@@H]2NC(=O)N[C@@H]21)C(N)=O. The van der Waals surface area contributed by atoms with E-state index in [0.29, 0.717) is 56.9 Å². The molecule has 2 fully saturated rings. The average Bonchev–Trinajstić information content (AvgIpc) is 3.77. The van der Waals surface area contributed by atoms with E-state index in [1.54, 1.807) is 0 Å². The molecule has 352 valence electrons. The monoisotopic (exact) mass is 898 g/mol. The Labute approximate surface area is 368 Å². The van der Waals surface area contributed by atoms with E-state index in [1.807, 2.05) is 39.5 Å². The molecule has 2 heterocycles. The molecule has 2 rings (SSSR count). The molecule has 14 N–H and O–H groups in total. The van der Waals surface area contributed by atoms with Gasteiger partial charge in [0.15, 0.2) is 0 Å². The predicted molar refractivity (Wildman–Crippen MR) is 232 cm³/mol. The molecule has 62 heavy (non-hydrogen) atoms. The van der Waals surface area contributed by atoms with Gasteiger partial charge < -0.3 is 54.0 Å². The Morgan fingerprint density at radius 3 is 2.03 bits per heavy atom. The Kier molecular flexibility index (Phi) is 24.8. The van der Waals surface area contributed by atoms with Crippen molar-refractivity contribution in [1.29, 1.82) is 0 Å². The average molecular weight is 898 g/mol. The Morgan fingerprint density at radius 1 is 0.710 bits per heavy atom. The van der Waals surface area contributed by atoms with Crippen molar-refractivity contribution in [3.63, 3.8) is 0 Å². The fourth-order valence-electron chi connectivity index (χ4n) is 7.27. The number of unbranched alkanes of at least 4 members (excludes halogenated alkanes) is 3. The number of carbonyl (C=O) groups excluding carboxylic acids is 9. The number of nitrogens with one attached hydrogen (secondary N) is 9. The minimum atomic E-state index is -1.09. The highest BCUT2D eigenvalue weighted by atomic mass is 32.2. The van der Waals surface area contributed by atoms with Gasteiger partial charge in [0.1, 0.15) is 18.1 Å². The summed E-state index contributed by atoms with van der Waals surface area (Å²) in [4.78, 5) is 113. The number of carbonyl (C=O) groups is 9. The van der Waals surface area contributed by atoms with Crippen molar-refractivity contribution in [2.24, 2.45) is 29.2 Å². The van der Waals surface area contributed by atoms with Crippen LogP contribution in [-0.4, -0.2) is 126 Å². The van der Waals surface area contributed by atoms with Gasteiger partial charge in [-0.1, -0.05) is 34.1 Å². The molecular formula is C40H71N11O10S. The molecule has 0 spiro atoms. The highest BCUT2D eigenvalue weighted by Crippen LogP contribution is 2.33. The molecule has 2 aliphatic rings. The molecule has 0 saturated carbocycles. The van der Waals surface area contributed by atoms with Crippen molar-refractivity contribution < 1.29 is 48.4 Å². The zero-order chi connectivity index (χ0) is 46.2. The first kappa shape index (κ1) is 53.4. The number of hydroxylamine groups is 1. The first-order chi connectivity index (χ1) is 29.4. The van der Waals surface area contributed by atoms with Gasteiger partial charge in [0.25, 0.3) is 0 Å². The van der Waals surface area contributed by atoms with E-state index in [0.717, 1.165) is 25.0 Å². The molecule has 0 radical (unpaired) electrons. The normalized spacial score (nSPS) is 18.6. The zero-order valence-electron chi connectivity index (χ0n) is 36.6. The first-order valence-corrected chi connectivity index (χ1v) is 22.8. The molecule has 2 saturated heterocycles. The summed E-state index contributed by atoms with van der Waals surface area (Å²) in [5.74, 6) is -4.78. The minimum Gasteiger partial charge on any atom is -0.368 e. The van der Waals surface area contributed by atoms with Gasteiger partial charge in [-0.25, -0.2) is 10.3 Å². The fraction of sp³-hybridized carbons (Fsp3) is 0.775. The lowest BCUT2D eigenvalue weighted by atomic mass is 9.92. The molecule has 0 aliphatic carbocycles. The standard InChI is InChI=1S/C40H71N11O10S/c1-23(2)17-25(19-32(53)51-61)37(57)48-28(18-24(3)4)39(59)47-27(12-7-9-15-41)38(58)45-20-33(54)44-21-34(55)46-26(36(42)56)11-8-10-16-43-31(52)14-6-5-13-30-35-29(22-62-30)49-40(60)50-35/h23-30,35,61H,5-22,41H2,1-4H3,(H2,42,56)(H,43,52)(H,44,54)(H,45,58)(H,46,55)(H,47,59)(H,48,57)(H,51,53)(H2,49,50,60)/t25?,26-,27-,28-,29-,30-,35-/m0/s1. The van der Waals surface area contributed by atoms with Crippen LogP contribution in [0.25, 0.3) is 0 Å². The van der Waals surface area contributed by atoms with Crippen LogP contribution in [0, 0.1) is 17.8 Å². The molecule has 21 nitrogen and oxygen atoms in total. The van der Waals surface area contributed by atoms with Crippen LogP contribution >= 0.6 is 11.8 Å². The van der Waals surface area contributed by atoms with Crippen LogP contribution in [0.15, 0.2) is 0 Å². The van der Waals surface area contributed by atoms with Crippen molar-refractivity contribution >= 4 is 65.1 Å². The summed E-state index contributed by atoms with van der Waals surface area (Å²) in [7, 11) is 0. The van der Waals surface area contributed by atoms with Gasteiger partial charge in [-0.15, -0.1) is 0 Å². The molecule has 7 atom stereocenters. The molecule has 1 unspecified atom stereocenters. The van der Waals surface area contributed by atoms with E-state index in [2.05, 4.69) is 42.5 Å². The highest BCUT2D eigenvalue weighted by Gasteiger charge is 2.42. The van der Waals surface area contributed by atoms with Crippen molar-refractivity contribution in [1.82, 2.24) is 48.0 Å². The number of thioether (sulfide) groups is 1. The van der Waals surface area contributed by atoms with Crippen LogP contribution < -0.4 is 59.5 Å². The number of nitrogens with two attached hydrogens (primary N) is 2. The number of urea groups is 1. The van der Waals surface area contributed by atoms with Crippen LogP contribution in [0.2, 0.25) is 0 Å². The van der Waals surface area contributed by atoms with Crippen LogP contribution in [0.3, 0.4) is 0 Å². The van der Waals surface area contributed by atoms with E-state index >= 15 is 0 Å². The predicted octanol–water partition coefficient (Wildman–Crippen LogP) is -1.10. The summed E-state index contributed by atoms with van der Waals surface area (Å²) in [5.41, 5.74) is 12.7. The maximum atomic E-state index is 13.5. The number of rotatable bonds is 31. The Morgan fingerprint density at radius 2 is 1.37 bits per heavy atom.